The molecule has 1 aliphatic heterocycles. The lowest BCUT2D eigenvalue weighted by atomic mass is 10.1. The van der Waals surface area contributed by atoms with Gasteiger partial charge in [0.15, 0.2) is 0 Å². The number of rotatable bonds is 6. The van der Waals surface area contributed by atoms with Crippen molar-refractivity contribution in [1.82, 2.24) is 25.0 Å². The maximum absolute atomic E-state index is 5.82. The molecule has 0 saturated carbocycles. The van der Waals surface area contributed by atoms with Crippen LogP contribution in [0.2, 0.25) is 0 Å². The molecule has 0 aliphatic carbocycles. The lowest BCUT2D eigenvalue weighted by molar-refractivity contribution is -0.0253. The molecule has 0 bridgehead atoms. The van der Waals surface area contributed by atoms with Crippen LogP contribution < -0.4 is 5.32 Å². The number of morpholine rings is 1. The highest BCUT2D eigenvalue weighted by Gasteiger charge is 2.18. The maximum Gasteiger partial charge on any atom is 0.138 e. The first-order valence-electron chi connectivity index (χ1n) is 7.84. The van der Waals surface area contributed by atoms with Crippen molar-refractivity contribution in [2.75, 3.05) is 32.8 Å². The number of aromatic nitrogens is 3. The van der Waals surface area contributed by atoms with E-state index in [9.17, 15) is 0 Å². The van der Waals surface area contributed by atoms with Crippen molar-refractivity contribution in [2.24, 2.45) is 0 Å². The third kappa shape index (κ3) is 3.71. The van der Waals surface area contributed by atoms with E-state index in [1.807, 2.05) is 12.1 Å². The van der Waals surface area contributed by atoms with Crippen LogP contribution in [-0.2, 0) is 11.3 Å². The number of ether oxygens (including phenoxy) is 1. The van der Waals surface area contributed by atoms with E-state index in [1.54, 1.807) is 17.3 Å². The van der Waals surface area contributed by atoms with Crippen molar-refractivity contribution in [1.29, 1.82) is 0 Å². The van der Waals surface area contributed by atoms with Crippen molar-refractivity contribution in [2.45, 2.75) is 19.6 Å². The standard InChI is InChI=1S/C16H23N5O/c1-2-20-7-8-22-15(11-20)10-17-9-14-5-3-4-6-16(14)21-13-18-12-19-21/h3-6,12-13,15,17H,2,7-11H2,1H3. The van der Waals surface area contributed by atoms with Crippen LogP contribution in [0.3, 0.4) is 0 Å². The molecule has 118 valence electrons. The number of para-hydroxylation sites is 1. The van der Waals surface area contributed by atoms with Gasteiger partial charge in [-0.3, -0.25) is 4.90 Å². The molecule has 2 aromatic rings. The highest BCUT2D eigenvalue weighted by molar-refractivity contribution is 5.39. The number of hydrogen-bond donors (Lipinski definition) is 1. The van der Waals surface area contributed by atoms with Crippen LogP contribution in [0.5, 0.6) is 0 Å². The Bertz CT molecular complexity index is 572. The second kappa shape index (κ2) is 7.49. The summed E-state index contributed by atoms with van der Waals surface area (Å²) in [4.78, 5) is 6.45. The SMILES string of the molecule is CCN1CCOC(CNCc2ccccc2-n2cncn2)C1. The molecule has 2 heterocycles. The summed E-state index contributed by atoms with van der Waals surface area (Å²) in [6, 6.07) is 8.24. The highest BCUT2D eigenvalue weighted by Crippen LogP contribution is 2.13. The summed E-state index contributed by atoms with van der Waals surface area (Å²) in [7, 11) is 0. The summed E-state index contributed by atoms with van der Waals surface area (Å²) in [5.41, 5.74) is 2.27. The topological polar surface area (TPSA) is 55.2 Å². The van der Waals surface area contributed by atoms with Crippen LogP contribution >= 0.6 is 0 Å². The first-order chi connectivity index (χ1) is 10.9. The Kier molecular flexibility index (Phi) is 5.15. The van der Waals surface area contributed by atoms with Crippen LogP contribution in [0.25, 0.3) is 5.69 Å². The third-order valence-electron chi connectivity index (χ3n) is 4.01. The van der Waals surface area contributed by atoms with Crippen molar-refractivity contribution >= 4 is 0 Å². The zero-order valence-corrected chi connectivity index (χ0v) is 13.0. The monoisotopic (exact) mass is 301 g/mol. The second-order valence-electron chi connectivity index (χ2n) is 5.49. The number of benzene rings is 1. The zero-order valence-electron chi connectivity index (χ0n) is 13.0. The molecule has 1 N–H and O–H groups in total. The van der Waals surface area contributed by atoms with Gasteiger partial charge in [0.25, 0.3) is 0 Å². The van der Waals surface area contributed by atoms with Gasteiger partial charge in [0.1, 0.15) is 12.7 Å². The van der Waals surface area contributed by atoms with Crippen LogP contribution in [-0.4, -0.2) is 58.6 Å². The molecule has 1 aromatic carbocycles. The van der Waals surface area contributed by atoms with Gasteiger partial charge in [0.05, 0.1) is 18.4 Å². The van der Waals surface area contributed by atoms with E-state index in [0.29, 0.717) is 0 Å². The van der Waals surface area contributed by atoms with Crippen molar-refractivity contribution in [3.8, 4) is 5.69 Å². The molecule has 0 amide bonds. The number of likely N-dealkylation sites (N-methyl/N-ethyl adjacent to an activating group) is 1. The van der Waals surface area contributed by atoms with E-state index in [-0.39, 0.29) is 6.10 Å². The molecule has 6 nitrogen and oxygen atoms in total. The molecule has 1 unspecified atom stereocenters. The smallest absolute Gasteiger partial charge is 0.138 e. The second-order valence-corrected chi connectivity index (χ2v) is 5.49. The zero-order chi connectivity index (χ0) is 15.2. The van der Waals surface area contributed by atoms with Gasteiger partial charge in [-0.25, -0.2) is 9.67 Å². The average molecular weight is 301 g/mol. The summed E-state index contributed by atoms with van der Waals surface area (Å²) >= 11 is 0. The van der Waals surface area contributed by atoms with E-state index < -0.39 is 0 Å². The highest BCUT2D eigenvalue weighted by atomic mass is 16.5. The summed E-state index contributed by atoms with van der Waals surface area (Å²) < 4.78 is 7.62. The van der Waals surface area contributed by atoms with Crippen molar-refractivity contribution in [3.63, 3.8) is 0 Å². The number of hydrogen-bond acceptors (Lipinski definition) is 5. The first-order valence-corrected chi connectivity index (χ1v) is 7.84. The van der Waals surface area contributed by atoms with Gasteiger partial charge < -0.3 is 10.1 Å². The van der Waals surface area contributed by atoms with Crippen molar-refractivity contribution < 1.29 is 4.74 Å². The molecule has 1 aromatic heterocycles. The van der Waals surface area contributed by atoms with Gasteiger partial charge in [-0.15, -0.1) is 0 Å². The van der Waals surface area contributed by atoms with Gasteiger partial charge in [-0.1, -0.05) is 25.1 Å². The minimum absolute atomic E-state index is 0.271. The molecule has 0 radical (unpaired) electrons. The summed E-state index contributed by atoms with van der Waals surface area (Å²) in [6.07, 6.45) is 3.55. The largest absolute Gasteiger partial charge is 0.374 e. The third-order valence-corrected chi connectivity index (χ3v) is 4.01. The first kappa shape index (κ1) is 15.1. The summed E-state index contributed by atoms with van der Waals surface area (Å²) in [5, 5.41) is 7.72. The van der Waals surface area contributed by atoms with Gasteiger partial charge in [-0.05, 0) is 18.2 Å². The Morgan fingerprint density at radius 1 is 1.36 bits per heavy atom. The molecule has 1 fully saturated rings. The number of nitrogens with one attached hydrogen (secondary N) is 1. The van der Waals surface area contributed by atoms with E-state index in [4.69, 9.17) is 4.74 Å². The molecule has 1 atom stereocenters. The fraction of sp³-hybridized carbons (Fsp3) is 0.500. The Morgan fingerprint density at radius 3 is 3.09 bits per heavy atom. The van der Waals surface area contributed by atoms with Gasteiger partial charge in [0.2, 0.25) is 0 Å². The fourth-order valence-electron chi connectivity index (χ4n) is 2.78. The van der Waals surface area contributed by atoms with Crippen LogP contribution in [0.4, 0.5) is 0 Å². The van der Waals surface area contributed by atoms with Gasteiger partial charge in [-0.2, -0.15) is 5.10 Å². The van der Waals surface area contributed by atoms with E-state index >= 15 is 0 Å². The summed E-state index contributed by atoms with van der Waals surface area (Å²) in [5.74, 6) is 0. The normalized spacial score (nSPS) is 19.4. The molecule has 0 spiro atoms. The minimum Gasteiger partial charge on any atom is -0.374 e. The molecular formula is C16H23N5O. The molecule has 6 heteroatoms. The Morgan fingerprint density at radius 2 is 2.27 bits per heavy atom. The van der Waals surface area contributed by atoms with Gasteiger partial charge >= 0.3 is 0 Å². The maximum atomic E-state index is 5.82. The lowest BCUT2D eigenvalue weighted by Gasteiger charge is -2.32. The molecule has 22 heavy (non-hydrogen) atoms. The molecule has 3 rings (SSSR count). The molecule has 1 saturated heterocycles. The van der Waals surface area contributed by atoms with Crippen molar-refractivity contribution in [3.05, 3.63) is 42.5 Å². The van der Waals surface area contributed by atoms with Crippen LogP contribution in [0, 0.1) is 0 Å². The predicted octanol–water partition coefficient (Wildman–Crippen LogP) is 1.08. The van der Waals surface area contributed by atoms with E-state index in [1.165, 1.54) is 5.56 Å². The Balaban J connectivity index is 1.56. The lowest BCUT2D eigenvalue weighted by Crippen LogP contribution is -2.46. The molecular weight excluding hydrogens is 278 g/mol. The number of nitrogens with zero attached hydrogens (tertiary/aromatic N) is 4. The van der Waals surface area contributed by atoms with Crippen LogP contribution in [0.1, 0.15) is 12.5 Å². The van der Waals surface area contributed by atoms with E-state index in [0.717, 1.165) is 45.0 Å². The van der Waals surface area contributed by atoms with Crippen LogP contribution in [0.15, 0.2) is 36.9 Å². The predicted molar refractivity (Wildman–Crippen MR) is 84.9 cm³/mol. The Labute approximate surface area is 131 Å². The Hall–Kier alpha value is -1.76. The summed E-state index contributed by atoms with van der Waals surface area (Å²) in [6.45, 7) is 7.83. The molecule has 1 aliphatic rings. The van der Waals surface area contributed by atoms with Gasteiger partial charge in [0, 0.05) is 26.2 Å². The minimum atomic E-state index is 0.271. The average Bonchev–Trinajstić information content (AvgIpc) is 3.10. The van der Waals surface area contributed by atoms with E-state index in [2.05, 4.69) is 39.4 Å². The quantitative estimate of drug-likeness (QED) is 0.865. The fourth-order valence-corrected chi connectivity index (χ4v) is 2.78.